The summed E-state index contributed by atoms with van der Waals surface area (Å²) in [5, 5.41) is 0. The van der Waals surface area contributed by atoms with Crippen LogP contribution in [0.15, 0.2) is 52.9 Å². The molecule has 0 aliphatic rings. The molecule has 0 saturated carbocycles. The van der Waals surface area contributed by atoms with Gasteiger partial charge in [0.25, 0.3) is 0 Å². The first-order valence-corrected chi connectivity index (χ1v) is 8.79. The summed E-state index contributed by atoms with van der Waals surface area (Å²) in [6.45, 7) is 5.62. The maximum atomic E-state index is 13.7. The average Bonchev–Trinajstić information content (AvgIpc) is 2.54. The Labute approximate surface area is 145 Å². The number of hydrogen-bond acceptors (Lipinski definition) is 2. The molecule has 24 heavy (non-hydrogen) atoms. The number of hydrogen-bond donors (Lipinski definition) is 0. The Morgan fingerprint density at radius 1 is 1.17 bits per heavy atom. The van der Waals surface area contributed by atoms with Gasteiger partial charge in [-0.05, 0) is 44.5 Å². The fourth-order valence-corrected chi connectivity index (χ4v) is 2.70. The van der Waals surface area contributed by atoms with E-state index in [0.717, 1.165) is 5.56 Å². The number of rotatable bonds is 5. The van der Waals surface area contributed by atoms with E-state index in [9.17, 15) is 8.60 Å². The van der Waals surface area contributed by atoms with Crippen molar-refractivity contribution in [3.05, 3.63) is 65.5 Å². The van der Waals surface area contributed by atoms with Crippen LogP contribution in [-0.4, -0.2) is 21.8 Å². The second-order valence-electron chi connectivity index (χ2n) is 6.41. The van der Waals surface area contributed by atoms with Crippen LogP contribution < -0.4 is 4.74 Å². The molecule has 0 saturated heterocycles. The molecule has 2 aromatic rings. The van der Waals surface area contributed by atoms with E-state index >= 15 is 0 Å². The van der Waals surface area contributed by atoms with Gasteiger partial charge in [-0.1, -0.05) is 30.3 Å². The molecule has 0 spiro atoms. The maximum absolute atomic E-state index is 13.7. The summed E-state index contributed by atoms with van der Waals surface area (Å²) in [7, 11) is 0.0181. The zero-order valence-corrected chi connectivity index (χ0v) is 15.2. The molecule has 0 fully saturated rings. The van der Waals surface area contributed by atoms with E-state index in [1.807, 2.05) is 51.1 Å². The van der Waals surface area contributed by atoms with Gasteiger partial charge in [-0.25, -0.2) is 8.60 Å². The van der Waals surface area contributed by atoms with E-state index in [0.29, 0.717) is 17.7 Å². The molecular weight excluding hydrogens is 325 g/mol. The molecule has 0 radical (unpaired) electrons. The third-order valence-electron chi connectivity index (χ3n) is 3.42. The Morgan fingerprint density at radius 3 is 2.42 bits per heavy atom. The van der Waals surface area contributed by atoms with Gasteiger partial charge in [-0.15, -0.1) is 0 Å². The summed E-state index contributed by atoms with van der Waals surface area (Å²) in [6, 6.07) is 14.4. The van der Waals surface area contributed by atoms with Crippen LogP contribution >= 0.6 is 0 Å². The molecule has 0 bridgehead atoms. The van der Waals surface area contributed by atoms with Crippen molar-refractivity contribution in [3.8, 4) is 5.75 Å². The van der Waals surface area contributed by atoms with Crippen LogP contribution in [0.25, 0.3) is 0 Å². The van der Waals surface area contributed by atoms with Crippen LogP contribution in [0.4, 0.5) is 4.39 Å². The van der Waals surface area contributed by atoms with Crippen molar-refractivity contribution in [1.29, 1.82) is 0 Å². The van der Waals surface area contributed by atoms with Crippen LogP contribution in [0.1, 0.15) is 31.9 Å². The molecule has 2 aromatic carbocycles. The van der Waals surface area contributed by atoms with E-state index in [-0.39, 0.29) is 5.75 Å². The molecule has 5 heteroatoms. The lowest BCUT2D eigenvalue weighted by molar-refractivity contribution is 0.386. The lowest BCUT2D eigenvalue weighted by Crippen LogP contribution is -2.21. The van der Waals surface area contributed by atoms with Crippen molar-refractivity contribution < 1.29 is 13.3 Å². The summed E-state index contributed by atoms with van der Waals surface area (Å²) in [5.41, 5.74) is 2.40. The largest absolute Gasteiger partial charge is 0.494 e. The van der Waals surface area contributed by atoms with Crippen molar-refractivity contribution in [3.63, 3.8) is 0 Å². The molecule has 0 amide bonds. The third kappa shape index (κ3) is 4.74. The maximum Gasteiger partial charge on any atom is 0.165 e. The minimum atomic E-state index is -1.40. The van der Waals surface area contributed by atoms with Crippen molar-refractivity contribution in [2.45, 2.75) is 31.9 Å². The standard InChI is InChI=1S/C19H22FNO2S/c1-19(2,3)24(22)21-17(12-14-8-6-5-7-9-14)15-10-11-16(20)18(13-15)23-4/h5-11,13H,12H2,1-4H3/t24-/m1/s1. The van der Waals surface area contributed by atoms with E-state index < -0.39 is 21.5 Å². The Balaban J connectivity index is 2.46. The van der Waals surface area contributed by atoms with E-state index in [1.54, 1.807) is 12.1 Å². The normalized spacial score (nSPS) is 13.6. The van der Waals surface area contributed by atoms with Gasteiger partial charge in [0.2, 0.25) is 0 Å². The van der Waals surface area contributed by atoms with Crippen molar-refractivity contribution in [1.82, 2.24) is 0 Å². The third-order valence-corrected chi connectivity index (χ3v) is 4.85. The fraction of sp³-hybridized carbons (Fsp3) is 0.316. The summed E-state index contributed by atoms with van der Waals surface area (Å²) >= 11 is 0. The topological polar surface area (TPSA) is 38.7 Å². The molecule has 2 rings (SSSR count). The van der Waals surface area contributed by atoms with E-state index in [4.69, 9.17) is 4.74 Å². The molecule has 3 nitrogen and oxygen atoms in total. The number of benzene rings is 2. The van der Waals surface area contributed by atoms with Gasteiger partial charge >= 0.3 is 0 Å². The van der Waals surface area contributed by atoms with Crippen LogP contribution in [0.3, 0.4) is 0 Å². The smallest absolute Gasteiger partial charge is 0.165 e. The van der Waals surface area contributed by atoms with Gasteiger partial charge < -0.3 is 4.74 Å². The first kappa shape index (κ1) is 18.3. The van der Waals surface area contributed by atoms with E-state index in [2.05, 4.69) is 4.40 Å². The Kier molecular flexibility index (Phi) is 5.89. The number of halogens is 1. The molecule has 128 valence electrons. The summed E-state index contributed by atoms with van der Waals surface area (Å²) in [6.07, 6.45) is 0.511. The van der Waals surface area contributed by atoms with Crippen LogP contribution in [0, 0.1) is 5.82 Å². The van der Waals surface area contributed by atoms with Gasteiger partial charge in [0, 0.05) is 12.0 Å². The number of ether oxygens (including phenoxy) is 1. The highest BCUT2D eigenvalue weighted by Gasteiger charge is 2.20. The molecular formula is C19H22FNO2S. The van der Waals surface area contributed by atoms with Crippen molar-refractivity contribution >= 4 is 16.7 Å². The first-order valence-electron chi connectivity index (χ1n) is 7.68. The highest BCUT2D eigenvalue weighted by molar-refractivity contribution is 7.85. The minimum Gasteiger partial charge on any atom is -0.494 e. The molecule has 0 aliphatic carbocycles. The zero-order chi connectivity index (χ0) is 17.7. The van der Waals surface area contributed by atoms with E-state index in [1.165, 1.54) is 13.2 Å². The number of methoxy groups -OCH3 is 1. The monoisotopic (exact) mass is 347 g/mol. The highest BCUT2D eigenvalue weighted by Crippen LogP contribution is 2.22. The van der Waals surface area contributed by atoms with Crippen LogP contribution in [0.2, 0.25) is 0 Å². The lowest BCUT2D eigenvalue weighted by Gasteiger charge is -2.16. The fourth-order valence-electron chi connectivity index (χ4n) is 2.05. The second-order valence-corrected chi connectivity index (χ2v) is 8.32. The molecule has 0 N–H and O–H groups in total. The Morgan fingerprint density at radius 2 is 1.83 bits per heavy atom. The van der Waals surface area contributed by atoms with Gasteiger partial charge in [0.1, 0.15) is 11.0 Å². The summed E-state index contributed by atoms with van der Waals surface area (Å²) in [5.74, 6) is -0.285. The summed E-state index contributed by atoms with van der Waals surface area (Å²) in [4.78, 5) is 0. The van der Waals surface area contributed by atoms with Gasteiger partial charge in [0.15, 0.2) is 11.6 Å². The van der Waals surface area contributed by atoms with Crippen LogP contribution in [0.5, 0.6) is 5.75 Å². The number of nitrogens with zero attached hydrogens (tertiary/aromatic N) is 1. The average molecular weight is 347 g/mol. The zero-order valence-electron chi connectivity index (χ0n) is 14.4. The van der Waals surface area contributed by atoms with Gasteiger partial charge in [-0.2, -0.15) is 4.40 Å². The molecule has 0 unspecified atom stereocenters. The summed E-state index contributed by atoms with van der Waals surface area (Å²) < 4.78 is 35.2. The van der Waals surface area contributed by atoms with Crippen LogP contribution in [-0.2, 0) is 17.4 Å². The Hall–Kier alpha value is -2.01. The first-order chi connectivity index (χ1) is 11.3. The second kappa shape index (κ2) is 7.71. The predicted octanol–water partition coefficient (Wildman–Crippen LogP) is 4.33. The molecule has 0 aliphatic heterocycles. The highest BCUT2D eigenvalue weighted by atomic mass is 32.2. The molecule has 0 heterocycles. The van der Waals surface area contributed by atoms with Gasteiger partial charge in [-0.3, -0.25) is 0 Å². The minimum absolute atomic E-state index is 0.148. The lowest BCUT2D eigenvalue weighted by atomic mass is 10.0. The van der Waals surface area contributed by atoms with Gasteiger partial charge in [0.05, 0.1) is 17.6 Å². The predicted molar refractivity (Wildman–Crippen MR) is 97.5 cm³/mol. The molecule has 0 aromatic heterocycles. The van der Waals surface area contributed by atoms with Crippen molar-refractivity contribution in [2.75, 3.05) is 7.11 Å². The van der Waals surface area contributed by atoms with Crippen molar-refractivity contribution in [2.24, 2.45) is 4.40 Å². The molecule has 1 atom stereocenters. The SMILES string of the molecule is COc1cc(C(Cc2ccccc2)=N[S@](=O)C(C)(C)C)ccc1F. The quantitative estimate of drug-likeness (QED) is 0.755. The Bertz CT molecular complexity index is 752.